The van der Waals surface area contributed by atoms with Gasteiger partial charge in [0.15, 0.2) is 5.76 Å². The van der Waals surface area contributed by atoms with Gasteiger partial charge in [-0.05, 0) is 49.6 Å². The summed E-state index contributed by atoms with van der Waals surface area (Å²) in [6.07, 6.45) is 3.03. The number of amides is 1. The van der Waals surface area contributed by atoms with Crippen LogP contribution in [0.25, 0.3) is 11.0 Å². The van der Waals surface area contributed by atoms with E-state index in [1.165, 1.54) is 24.3 Å². The van der Waals surface area contributed by atoms with E-state index in [1.807, 2.05) is 13.0 Å². The first-order valence-electron chi connectivity index (χ1n) is 8.00. The molecule has 0 atom stereocenters. The maximum absolute atomic E-state index is 13.2. The summed E-state index contributed by atoms with van der Waals surface area (Å²) >= 11 is 0. The Balaban J connectivity index is 1.61. The largest absolute Gasteiger partial charge is 0.451 e. The number of rotatable bonds is 4. The lowest BCUT2D eigenvalue weighted by atomic mass is 10.2. The van der Waals surface area contributed by atoms with Crippen LogP contribution in [0, 0.1) is 5.82 Å². The van der Waals surface area contributed by atoms with E-state index in [9.17, 15) is 9.18 Å². The van der Waals surface area contributed by atoms with E-state index in [1.54, 1.807) is 0 Å². The molecule has 0 bridgehead atoms. The third kappa shape index (κ3) is 2.87. The molecule has 4 rings (SSSR count). The van der Waals surface area contributed by atoms with Crippen LogP contribution in [0.1, 0.15) is 47.6 Å². The van der Waals surface area contributed by atoms with Crippen LogP contribution in [-0.4, -0.2) is 15.9 Å². The van der Waals surface area contributed by atoms with Crippen molar-refractivity contribution in [3.8, 4) is 0 Å². The second kappa shape index (κ2) is 5.70. The van der Waals surface area contributed by atoms with E-state index in [4.69, 9.17) is 4.42 Å². The van der Waals surface area contributed by atoms with Gasteiger partial charge in [-0.25, -0.2) is 14.4 Å². The van der Waals surface area contributed by atoms with Crippen molar-refractivity contribution in [3.05, 3.63) is 53.3 Å². The lowest BCUT2D eigenvalue weighted by Crippen LogP contribution is -2.14. The van der Waals surface area contributed by atoms with Crippen LogP contribution in [0.3, 0.4) is 0 Å². The molecule has 1 amide bonds. The molecule has 0 spiro atoms. The van der Waals surface area contributed by atoms with Gasteiger partial charge in [0.25, 0.3) is 5.91 Å². The van der Waals surface area contributed by atoms with Crippen LogP contribution in [0.2, 0.25) is 0 Å². The number of aryl methyl sites for hydroxylation is 1. The van der Waals surface area contributed by atoms with E-state index in [0.29, 0.717) is 16.9 Å². The van der Waals surface area contributed by atoms with Gasteiger partial charge in [-0.2, -0.15) is 0 Å². The smallest absolute Gasteiger partial charge is 0.293 e. The topological polar surface area (TPSA) is 68.0 Å². The first-order valence-corrected chi connectivity index (χ1v) is 8.00. The van der Waals surface area contributed by atoms with Crippen molar-refractivity contribution in [2.75, 3.05) is 5.32 Å². The van der Waals surface area contributed by atoms with Gasteiger partial charge in [-0.15, -0.1) is 0 Å². The molecule has 0 radical (unpaired) electrons. The Morgan fingerprint density at radius 1 is 1.29 bits per heavy atom. The highest BCUT2D eigenvalue weighted by Gasteiger charge is 2.26. The van der Waals surface area contributed by atoms with Crippen molar-refractivity contribution >= 4 is 22.8 Å². The van der Waals surface area contributed by atoms with Crippen molar-refractivity contribution in [3.63, 3.8) is 0 Å². The molecule has 0 unspecified atom stereocenters. The molecule has 2 aromatic heterocycles. The van der Waals surface area contributed by atoms with Crippen LogP contribution in [0.5, 0.6) is 0 Å². The Kier molecular flexibility index (Phi) is 3.52. The average molecular weight is 325 g/mol. The molecule has 0 aliphatic heterocycles. The number of furan rings is 1. The Morgan fingerprint density at radius 3 is 2.88 bits per heavy atom. The summed E-state index contributed by atoms with van der Waals surface area (Å²) < 4.78 is 18.7. The molecule has 5 nitrogen and oxygen atoms in total. The second-order valence-corrected chi connectivity index (χ2v) is 5.98. The standard InChI is InChI=1S/C18H16FN3O2/c1-2-13-9-14(10-3-4-10)21-18(20-13)22-17(23)16-8-11-7-12(19)5-6-15(11)24-16/h5-10H,2-4H2,1H3,(H,20,21,22,23). The molecule has 3 aromatic rings. The van der Waals surface area contributed by atoms with Crippen LogP contribution in [-0.2, 0) is 6.42 Å². The number of nitrogens with one attached hydrogen (secondary N) is 1. The lowest BCUT2D eigenvalue weighted by molar-refractivity contribution is 0.0998. The molecule has 1 N–H and O–H groups in total. The minimum atomic E-state index is -0.443. The summed E-state index contributed by atoms with van der Waals surface area (Å²) in [5.74, 6) is 0.0509. The van der Waals surface area contributed by atoms with Gasteiger partial charge in [-0.1, -0.05) is 6.92 Å². The van der Waals surface area contributed by atoms with E-state index in [2.05, 4.69) is 15.3 Å². The molecule has 1 aromatic carbocycles. The fourth-order valence-electron chi connectivity index (χ4n) is 2.63. The van der Waals surface area contributed by atoms with Crippen molar-refractivity contribution in [2.24, 2.45) is 0 Å². The number of aromatic nitrogens is 2. The van der Waals surface area contributed by atoms with Crippen LogP contribution in [0.15, 0.2) is 34.7 Å². The fourth-order valence-corrected chi connectivity index (χ4v) is 2.63. The molecule has 0 saturated heterocycles. The number of carbonyl (C=O) groups excluding carboxylic acids is 1. The minimum Gasteiger partial charge on any atom is -0.451 e. The van der Waals surface area contributed by atoms with Gasteiger partial charge in [0.1, 0.15) is 11.4 Å². The maximum atomic E-state index is 13.2. The first kappa shape index (κ1) is 14.8. The number of carbonyl (C=O) groups is 1. The predicted octanol–water partition coefficient (Wildman–Crippen LogP) is 4.05. The maximum Gasteiger partial charge on any atom is 0.293 e. The summed E-state index contributed by atoms with van der Waals surface area (Å²) in [4.78, 5) is 21.2. The number of hydrogen-bond donors (Lipinski definition) is 1. The quantitative estimate of drug-likeness (QED) is 0.785. The van der Waals surface area contributed by atoms with E-state index in [0.717, 1.165) is 30.7 Å². The Morgan fingerprint density at radius 2 is 2.12 bits per heavy atom. The van der Waals surface area contributed by atoms with Gasteiger partial charge < -0.3 is 4.42 Å². The number of nitrogens with zero attached hydrogens (tertiary/aromatic N) is 2. The molecular formula is C18H16FN3O2. The number of fused-ring (bicyclic) bond motifs is 1. The average Bonchev–Trinajstić information content (AvgIpc) is 3.34. The molecule has 1 fully saturated rings. The summed E-state index contributed by atoms with van der Waals surface area (Å²) in [6.45, 7) is 2.01. The number of halogens is 1. The van der Waals surface area contributed by atoms with E-state index >= 15 is 0 Å². The second-order valence-electron chi connectivity index (χ2n) is 5.98. The third-order valence-corrected chi connectivity index (χ3v) is 4.08. The highest BCUT2D eigenvalue weighted by atomic mass is 19.1. The zero-order valence-corrected chi connectivity index (χ0v) is 13.2. The normalized spacial score (nSPS) is 14.1. The zero-order valence-electron chi connectivity index (χ0n) is 13.2. The van der Waals surface area contributed by atoms with Gasteiger partial charge in [-0.3, -0.25) is 10.1 Å². The van der Waals surface area contributed by atoms with Crippen molar-refractivity contribution in [1.29, 1.82) is 0 Å². The zero-order chi connectivity index (χ0) is 16.7. The summed E-state index contributed by atoms with van der Waals surface area (Å²) in [7, 11) is 0. The Labute approximate surface area is 137 Å². The van der Waals surface area contributed by atoms with E-state index < -0.39 is 5.91 Å². The molecule has 6 heteroatoms. The molecule has 1 aliphatic carbocycles. The number of benzene rings is 1. The van der Waals surface area contributed by atoms with Crippen molar-refractivity contribution in [2.45, 2.75) is 32.1 Å². The van der Waals surface area contributed by atoms with Gasteiger partial charge in [0.05, 0.1) is 0 Å². The molecule has 24 heavy (non-hydrogen) atoms. The predicted molar refractivity (Wildman–Crippen MR) is 87.5 cm³/mol. The molecule has 122 valence electrons. The Hall–Kier alpha value is -2.76. The SMILES string of the molecule is CCc1cc(C2CC2)nc(NC(=O)c2cc3cc(F)ccc3o2)n1. The Bertz CT molecular complexity index is 931. The molecular weight excluding hydrogens is 309 g/mol. The van der Waals surface area contributed by atoms with Gasteiger partial charge >= 0.3 is 0 Å². The van der Waals surface area contributed by atoms with Crippen molar-refractivity contribution < 1.29 is 13.6 Å². The summed E-state index contributed by atoms with van der Waals surface area (Å²) in [5, 5.41) is 3.23. The lowest BCUT2D eigenvalue weighted by Gasteiger charge is -2.06. The van der Waals surface area contributed by atoms with Crippen LogP contribution < -0.4 is 5.32 Å². The van der Waals surface area contributed by atoms with Crippen LogP contribution in [0.4, 0.5) is 10.3 Å². The summed E-state index contributed by atoms with van der Waals surface area (Å²) in [5.41, 5.74) is 2.33. The van der Waals surface area contributed by atoms with Crippen molar-refractivity contribution in [1.82, 2.24) is 9.97 Å². The molecule has 2 heterocycles. The molecule has 1 aliphatic rings. The number of anilines is 1. The fraction of sp³-hybridized carbons (Fsp3) is 0.278. The monoisotopic (exact) mass is 325 g/mol. The first-order chi connectivity index (χ1) is 11.6. The van der Waals surface area contributed by atoms with Crippen LogP contribution >= 0.6 is 0 Å². The van der Waals surface area contributed by atoms with Gasteiger partial charge in [0, 0.05) is 22.7 Å². The van der Waals surface area contributed by atoms with Gasteiger partial charge in [0.2, 0.25) is 5.95 Å². The highest BCUT2D eigenvalue weighted by molar-refractivity contribution is 6.03. The number of hydrogen-bond acceptors (Lipinski definition) is 4. The molecule has 1 saturated carbocycles. The third-order valence-electron chi connectivity index (χ3n) is 4.08. The summed E-state index contributed by atoms with van der Waals surface area (Å²) in [6, 6.07) is 7.63. The minimum absolute atomic E-state index is 0.106. The van der Waals surface area contributed by atoms with E-state index in [-0.39, 0.29) is 17.5 Å². The highest BCUT2D eigenvalue weighted by Crippen LogP contribution is 2.39.